The maximum absolute atomic E-state index is 12.2. The summed E-state index contributed by atoms with van der Waals surface area (Å²) in [6.45, 7) is 0. The Morgan fingerprint density at radius 3 is 2.00 bits per heavy atom. The molecule has 0 radical (unpaired) electrons. The Balaban J connectivity index is 2.13. The van der Waals surface area contributed by atoms with Gasteiger partial charge in [0.05, 0.1) is 22.0 Å². The van der Waals surface area contributed by atoms with Crippen molar-refractivity contribution in [1.82, 2.24) is 0 Å². The van der Waals surface area contributed by atoms with Gasteiger partial charge in [-0.1, -0.05) is 19.3 Å². The van der Waals surface area contributed by atoms with Crippen molar-refractivity contribution in [2.45, 2.75) is 49.0 Å². The van der Waals surface area contributed by atoms with Gasteiger partial charge in [-0.05, 0) is 19.3 Å². The summed E-state index contributed by atoms with van der Waals surface area (Å²) in [5.41, 5.74) is 0. The number of hydrogen-bond donors (Lipinski definition) is 0. The van der Waals surface area contributed by atoms with Gasteiger partial charge in [-0.3, -0.25) is 0 Å². The summed E-state index contributed by atoms with van der Waals surface area (Å²) in [6.07, 6.45) is 4.78. The molecule has 0 bridgehead atoms. The van der Waals surface area contributed by atoms with E-state index >= 15 is 0 Å². The van der Waals surface area contributed by atoms with Crippen LogP contribution in [0.1, 0.15) is 38.5 Å². The van der Waals surface area contributed by atoms with Gasteiger partial charge in [0.25, 0.3) is 0 Å². The highest BCUT2D eigenvalue weighted by Gasteiger charge is 2.41. The molecule has 1 atom stereocenters. The maximum Gasteiger partial charge on any atom is 0.157 e. The fraction of sp³-hybridized carbons (Fsp3) is 1.00. The summed E-state index contributed by atoms with van der Waals surface area (Å²) in [4.78, 5) is 0. The van der Waals surface area contributed by atoms with Crippen molar-refractivity contribution < 1.29 is 16.8 Å². The SMILES string of the molecule is O=S1(=O)CC[C@@H](S(=O)(=O)C2CCCCC2)C1. The Kier molecular flexibility index (Phi) is 3.32. The number of hydrogen-bond acceptors (Lipinski definition) is 4. The maximum atomic E-state index is 12.2. The van der Waals surface area contributed by atoms with Crippen LogP contribution in [0.25, 0.3) is 0 Å². The van der Waals surface area contributed by atoms with E-state index < -0.39 is 24.9 Å². The lowest BCUT2D eigenvalue weighted by molar-refractivity contribution is 0.479. The third-order valence-electron chi connectivity index (χ3n) is 3.67. The normalized spacial score (nSPS) is 31.6. The van der Waals surface area contributed by atoms with Crippen LogP contribution in [0.3, 0.4) is 0 Å². The van der Waals surface area contributed by atoms with Crippen molar-refractivity contribution in [2.24, 2.45) is 0 Å². The van der Waals surface area contributed by atoms with Gasteiger partial charge in [-0.25, -0.2) is 16.8 Å². The van der Waals surface area contributed by atoms with Crippen LogP contribution >= 0.6 is 0 Å². The topological polar surface area (TPSA) is 68.3 Å². The third-order valence-corrected chi connectivity index (χ3v) is 8.38. The van der Waals surface area contributed by atoms with Crippen molar-refractivity contribution in [3.8, 4) is 0 Å². The van der Waals surface area contributed by atoms with Crippen LogP contribution in [-0.2, 0) is 19.7 Å². The highest BCUT2D eigenvalue weighted by atomic mass is 32.2. The monoisotopic (exact) mass is 266 g/mol. The molecule has 0 N–H and O–H groups in total. The van der Waals surface area contributed by atoms with E-state index in [0.717, 1.165) is 32.1 Å². The van der Waals surface area contributed by atoms with Gasteiger partial charge in [0.15, 0.2) is 19.7 Å². The Morgan fingerprint density at radius 1 is 0.875 bits per heavy atom. The first-order chi connectivity index (χ1) is 7.42. The summed E-state index contributed by atoms with van der Waals surface area (Å²) < 4.78 is 47.0. The average molecular weight is 266 g/mol. The molecule has 2 aliphatic rings. The average Bonchev–Trinajstić information content (AvgIpc) is 2.61. The van der Waals surface area contributed by atoms with Crippen molar-refractivity contribution in [2.75, 3.05) is 11.5 Å². The van der Waals surface area contributed by atoms with Crippen LogP contribution in [-0.4, -0.2) is 38.8 Å². The smallest absolute Gasteiger partial charge is 0.157 e. The molecule has 16 heavy (non-hydrogen) atoms. The molecule has 1 aliphatic heterocycles. The van der Waals surface area contributed by atoms with Gasteiger partial charge in [-0.15, -0.1) is 0 Å². The molecule has 2 rings (SSSR count). The van der Waals surface area contributed by atoms with Crippen LogP contribution in [0.5, 0.6) is 0 Å². The van der Waals surface area contributed by atoms with Crippen molar-refractivity contribution in [3.63, 3.8) is 0 Å². The fourth-order valence-corrected chi connectivity index (χ4v) is 7.74. The molecule has 0 aromatic heterocycles. The molecular weight excluding hydrogens is 248 g/mol. The van der Waals surface area contributed by atoms with Crippen LogP contribution in [0.2, 0.25) is 0 Å². The number of rotatable bonds is 2. The molecule has 0 unspecified atom stereocenters. The van der Waals surface area contributed by atoms with Gasteiger partial charge in [-0.2, -0.15) is 0 Å². The van der Waals surface area contributed by atoms with Gasteiger partial charge in [0.2, 0.25) is 0 Å². The first-order valence-electron chi connectivity index (χ1n) is 5.85. The summed E-state index contributed by atoms with van der Waals surface area (Å²) >= 11 is 0. The van der Waals surface area contributed by atoms with Crippen molar-refractivity contribution >= 4 is 19.7 Å². The van der Waals surface area contributed by atoms with Gasteiger partial charge < -0.3 is 0 Å². The third kappa shape index (κ3) is 2.42. The van der Waals surface area contributed by atoms with E-state index in [2.05, 4.69) is 0 Å². The van der Waals surface area contributed by atoms with Crippen LogP contribution in [0.4, 0.5) is 0 Å². The first kappa shape index (κ1) is 12.4. The van der Waals surface area contributed by atoms with E-state index in [1.165, 1.54) is 0 Å². The molecule has 0 aromatic carbocycles. The zero-order valence-corrected chi connectivity index (χ0v) is 10.9. The lowest BCUT2D eigenvalue weighted by atomic mass is 10.0. The predicted octanol–water partition coefficient (Wildman–Crippen LogP) is 0.921. The lowest BCUT2D eigenvalue weighted by Gasteiger charge is -2.24. The van der Waals surface area contributed by atoms with E-state index in [1.54, 1.807) is 0 Å². The molecule has 1 saturated carbocycles. The standard InChI is InChI=1S/C10H18O4S2/c11-15(12)7-6-10(8-15)16(13,14)9-4-2-1-3-5-9/h9-10H,1-8H2/t10-/m1/s1. The second kappa shape index (κ2) is 4.29. The molecule has 2 fully saturated rings. The molecule has 4 nitrogen and oxygen atoms in total. The molecule has 94 valence electrons. The van der Waals surface area contributed by atoms with E-state index in [9.17, 15) is 16.8 Å². The van der Waals surface area contributed by atoms with Crippen molar-refractivity contribution in [3.05, 3.63) is 0 Å². The summed E-state index contributed by atoms with van der Waals surface area (Å²) in [5, 5.41) is -0.903. The molecule has 0 amide bonds. The highest BCUT2D eigenvalue weighted by molar-refractivity contribution is 7.96. The predicted molar refractivity (Wildman–Crippen MR) is 62.9 cm³/mol. The minimum atomic E-state index is -3.21. The van der Waals surface area contributed by atoms with Crippen molar-refractivity contribution in [1.29, 1.82) is 0 Å². The van der Waals surface area contributed by atoms with E-state index in [1.807, 2.05) is 0 Å². The van der Waals surface area contributed by atoms with E-state index in [-0.39, 0.29) is 16.8 Å². The van der Waals surface area contributed by atoms with Crippen LogP contribution in [0, 0.1) is 0 Å². The quantitative estimate of drug-likeness (QED) is 0.745. The summed E-state index contributed by atoms with van der Waals surface area (Å²) in [5.74, 6) is -0.102. The zero-order valence-electron chi connectivity index (χ0n) is 9.26. The Bertz CT molecular complexity index is 443. The lowest BCUT2D eigenvalue weighted by Crippen LogP contribution is -2.34. The van der Waals surface area contributed by atoms with E-state index in [4.69, 9.17) is 0 Å². The summed E-state index contributed by atoms with van der Waals surface area (Å²) in [7, 11) is -6.31. The summed E-state index contributed by atoms with van der Waals surface area (Å²) in [6, 6.07) is 0. The van der Waals surface area contributed by atoms with E-state index in [0.29, 0.717) is 6.42 Å². The number of sulfone groups is 2. The van der Waals surface area contributed by atoms with Gasteiger partial charge >= 0.3 is 0 Å². The van der Waals surface area contributed by atoms with Gasteiger partial charge in [0, 0.05) is 0 Å². The Morgan fingerprint density at radius 2 is 1.50 bits per heavy atom. The highest BCUT2D eigenvalue weighted by Crippen LogP contribution is 2.30. The fourth-order valence-electron chi connectivity index (χ4n) is 2.69. The van der Waals surface area contributed by atoms with Crippen LogP contribution in [0.15, 0.2) is 0 Å². The molecule has 1 heterocycles. The zero-order chi connectivity index (χ0) is 11.8. The first-order valence-corrected chi connectivity index (χ1v) is 9.28. The molecule has 6 heteroatoms. The Labute approximate surface area is 97.3 Å². The second-order valence-electron chi connectivity index (χ2n) is 4.87. The molecule has 1 aliphatic carbocycles. The minimum Gasteiger partial charge on any atom is -0.229 e. The van der Waals surface area contributed by atoms with Crippen LogP contribution < -0.4 is 0 Å². The molecule has 1 saturated heterocycles. The second-order valence-corrected chi connectivity index (χ2v) is 9.61. The minimum absolute atomic E-state index is 0.0453. The Hall–Kier alpha value is -0.100. The largest absolute Gasteiger partial charge is 0.229 e. The molecule has 0 aromatic rings. The molecule has 0 spiro atoms. The molecular formula is C10H18O4S2. The van der Waals surface area contributed by atoms with Gasteiger partial charge in [0.1, 0.15) is 0 Å².